The smallest absolute Gasteiger partial charge is 0.335 e. The van der Waals surface area contributed by atoms with E-state index in [1.807, 2.05) is 0 Å². The highest BCUT2D eigenvalue weighted by Crippen LogP contribution is 2.23. The van der Waals surface area contributed by atoms with Gasteiger partial charge in [0.15, 0.2) is 5.69 Å². The van der Waals surface area contributed by atoms with Crippen molar-refractivity contribution in [1.29, 1.82) is 0 Å². The summed E-state index contributed by atoms with van der Waals surface area (Å²) in [4.78, 5) is 10.7. The first-order valence-electron chi connectivity index (χ1n) is 4.00. The summed E-state index contributed by atoms with van der Waals surface area (Å²) in [6.45, 7) is 3.43. The van der Waals surface area contributed by atoms with E-state index in [0.717, 1.165) is 6.07 Å². The average Bonchev–Trinajstić information content (AvgIpc) is 2.17. The van der Waals surface area contributed by atoms with Gasteiger partial charge in [0, 0.05) is 11.6 Å². The summed E-state index contributed by atoms with van der Waals surface area (Å²) in [6, 6.07) is 2.30. The fraction of sp³-hybridized carbons (Fsp3) is 0. The Morgan fingerprint density at radius 2 is 2.20 bits per heavy atom. The van der Waals surface area contributed by atoms with Crippen molar-refractivity contribution >= 4 is 23.4 Å². The molecule has 1 atom stereocenters. The number of hydrogen-bond acceptors (Lipinski definition) is 4. The molecule has 0 aromatic heterocycles. The Hall–Kier alpha value is -1.89. The number of benzene rings is 1. The topological polar surface area (TPSA) is 111 Å². The number of rotatable bonds is 3. The summed E-state index contributed by atoms with van der Waals surface area (Å²) in [7, 11) is 0. The lowest BCUT2D eigenvalue weighted by Gasteiger charge is -2.15. The largest absolute Gasteiger partial charge is 0.595 e. The van der Waals surface area contributed by atoms with Crippen molar-refractivity contribution < 1.29 is 20.3 Å². The molecule has 0 amide bonds. The molecule has 80 valence electrons. The van der Waals surface area contributed by atoms with Crippen molar-refractivity contribution in [3.63, 3.8) is 0 Å². The third kappa shape index (κ3) is 2.13. The number of nitrogens with one attached hydrogen (secondary N) is 1. The molecule has 0 saturated heterocycles. The Bertz CT molecular complexity index is 415. The standard InChI is InChI=1S/C9H10N2O4/c1-2-5-3-6(9(12)13)4-7(8(5)10)11(14)15/h2-4,11,14H,1,10H2,(H,12,13). The third-order valence-electron chi connectivity index (χ3n) is 1.91. The minimum Gasteiger partial charge on any atom is -0.595 e. The summed E-state index contributed by atoms with van der Waals surface area (Å²) < 4.78 is 0. The first-order chi connectivity index (χ1) is 6.97. The summed E-state index contributed by atoms with van der Waals surface area (Å²) in [5, 5.41) is 27.0. The maximum absolute atomic E-state index is 10.8. The molecule has 0 aliphatic carbocycles. The zero-order valence-corrected chi connectivity index (χ0v) is 7.73. The lowest BCUT2D eigenvalue weighted by Crippen LogP contribution is -2.99. The number of nitrogen functional groups attached to an aromatic ring is 1. The van der Waals surface area contributed by atoms with Crippen LogP contribution in [0.2, 0.25) is 0 Å². The zero-order valence-electron chi connectivity index (χ0n) is 7.73. The van der Waals surface area contributed by atoms with Crippen LogP contribution in [0.5, 0.6) is 0 Å². The predicted octanol–water partition coefficient (Wildman–Crippen LogP) is 0.0134. The van der Waals surface area contributed by atoms with E-state index in [9.17, 15) is 10.0 Å². The van der Waals surface area contributed by atoms with Gasteiger partial charge in [-0.1, -0.05) is 12.7 Å². The Morgan fingerprint density at radius 1 is 1.60 bits per heavy atom. The monoisotopic (exact) mass is 210 g/mol. The summed E-state index contributed by atoms with van der Waals surface area (Å²) >= 11 is 0. The first kappa shape index (κ1) is 11.2. The average molecular weight is 210 g/mol. The van der Waals surface area contributed by atoms with Crippen molar-refractivity contribution in [2.45, 2.75) is 0 Å². The lowest BCUT2D eigenvalue weighted by atomic mass is 10.1. The van der Waals surface area contributed by atoms with E-state index in [1.165, 1.54) is 12.1 Å². The number of aromatic carboxylic acids is 1. The van der Waals surface area contributed by atoms with E-state index in [1.54, 1.807) is 0 Å². The number of carboxylic acid groups (broad SMARTS) is 1. The number of carboxylic acids is 1. The number of hydrogen-bond donors (Lipinski definition) is 4. The highest BCUT2D eigenvalue weighted by Gasteiger charge is 2.14. The van der Waals surface area contributed by atoms with Gasteiger partial charge in [0.25, 0.3) is 0 Å². The fourth-order valence-corrected chi connectivity index (χ4v) is 1.15. The van der Waals surface area contributed by atoms with Crippen molar-refractivity contribution in [1.82, 2.24) is 0 Å². The maximum atomic E-state index is 10.8. The van der Waals surface area contributed by atoms with Gasteiger partial charge in [-0.15, -0.1) is 0 Å². The molecule has 6 nitrogen and oxygen atoms in total. The normalized spacial score (nSPS) is 12.1. The Morgan fingerprint density at radius 3 is 2.60 bits per heavy atom. The fourth-order valence-electron chi connectivity index (χ4n) is 1.15. The van der Waals surface area contributed by atoms with E-state index in [0.29, 0.717) is 5.56 Å². The van der Waals surface area contributed by atoms with E-state index >= 15 is 0 Å². The van der Waals surface area contributed by atoms with Crippen molar-refractivity contribution in [3.8, 4) is 0 Å². The molecular formula is C9H10N2O4. The Balaban J connectivity index is 3.45. The highest BCUT2D eigenvalue weighted by molar-refractivity contribution is 5.91. The molecule has 1 rings (SSSR count). The van der Waals surface area contributed by atoms with Gasteiger partial charge in [-0.25, -0.2) is 10.0 Å². The second-order valence-electron chi connectivity index (χ2n) is 2.84. The molecule has 1 aromatic rings. The lowest BCUT2D eigenvalue weighted by molar-refractivity contribution is -0.990. The Labute approximate surface area is 85.4 Å². The van der Waals surface area contributed by atoms with Crippen LogP contribution in [0.1, 0.15) is 15.9 Å². The molecule has 1 unspecified atom stereocenters. The molecule has 6 heteroatoms. The third-order valence-corrected chi connectivity index (χ3v) is 1.91. The molecule has 15 heavy (non-hydrogen) atoms. The van der Waals surface area contributed by atoms with Crippen molar-refractivity contribution in [2.75, 3.05) is 5.73 Å². The molecule has 0 saturated carbocycles. The van der Waals surface area contributed by atoms with Crippen LogP contribution < -0.4 is 11.0 Å². The van der Waals surface area contributed by atoms with Crippen LogP contribution in [-0.4, -0.2) is 16.3 Å². The molecule has 0 fully saturated rings. The van der Waals surface area contributed by atoms with Crippen LogP contribution >= 0.6 is 0 Å². The summed E-state index contributed by atoms with van der Waals surface area (Å²) in [5.41, 5.74) is 5.47. The van der Waals surface area contributed by atoms with Gasteiger partial charge in [0.05, 0.1) is 5.56 Å². The van der Waals surface area contributed by atoms with Crippen LogP contribution in [-0.2, 0) is 0 Å². The van der Waals surface area contributed by atoms with E-state index in [-0.39, 0.29) is 16.9 Å². The quantitative estimate of drug-likeness (QED) is 0.415. The molecule has 0 spiro atoms. The molecule has 5 N–H and O–H groups in total. The van der Waals surface area contributed by atoms with Crippen LogP contribution in [0.3, 0.4) is 0 Å². The molecule has 0 bridgehead atoms. The number of carbonyl (C=O) groups is 1. The second-order valence-corrected chi connectivity index (χ2v) is 2.84. The van der Waals surface area contributed by atoms with E-state index < -0.39 is 11.2 Å². The maximum Gasteiger partial charge on any atom is 0.335 e. The van der Waals surface area contributed by atoms with Crippen LogP contribution in [0.25, 0.3) is 6.08 Å². The van der Waals surface area contributed by atoms with Crippen LogP contribution in [0, 0.1) is 5.21 Å². The van der Waals surface area contributed by atoms with Crippen molar-refractivity contribution in [3.05, 3.63) is 35.0 Å². The van der Waals surface area contributed by atoms with Crippen LogP contribution in [0.15, 0.2) is 18.7 Å². The predicted molar refractivity (Wildman–Crippen MR) is 53.7 cm³/mol. The molecular weight excluding hydrogens is 200 g/mol. The SMILES string of the molecule is C=Cc1cc(C(=O)O)cc([NH+]([O-])O)c1N. The number of quaternary nitrogens is 1. The first-order valence-corrected chi connectivity index (χ1v) is 4.00. The molecule has 1 aromatic carbocycles. The minimum absolute atomic E-state index is 0.0162. The Kier molecular flexibility index (Phi) is 3.05. The van der Waals surface area contributed by atoms with E-state index in [4.69, 9.17) is 16.0 Å². The van der Waals surface area contributed by atoms with Crippen molar-refractivity contribution in [2.24, 2.45) is 0 Å². The van der Waals surface area contributed by atoms with Gasteiger partial charge in [0.1, 0.15) is 5.69 Å². The van der Waals surface area contributed by atoms with Gasteiger partial charge in [-0.2, -0.15) is 5.23 Å². The molecule has 0 aliphatic rings. The summed E-state index contributed by atoms with van der Waals surface area (Å²) in [6.07, 6.45) is 1.31. The van der Waals surface area contributed by atoms with Gasteiger partial charge in [0.2, 0.25) is 0 Å². The summed E-state index contributed by atoms with van der Waals surface area (Å²) in [5.74, 6) is -1.21. The number of anilines is 1. The second kappa shape index (κ2) is 4.09. The van der Waals surface area contributed by atoms with Gasteiger partial charge in [-0.3, -0.25) is 0 Å². The van der Waals surface area contributed by atoms with E-state index in [2.05, 4.69) is 6.58 Å². The molecule has 0 radical (unpaired) electrons. The van der Waals surface area contributed by atoms with Gasteiger partial charge >= 0.3 is 5.97 Å². The molecule has 0 aliphatic heterocycles. The van der Waals surface area contributed by atoms with Gasteiger partial charge in [-0.05, 0) is 6.07 Å². The minimum atomic E-state index is -1.27. The number of nitrogens with two attached hydrogens (primary N) is 1. The zero-order chi connectivity index (χ0) is 11.6. The van der Waals surface area contributed by atoms with Gasteiger partial charge < -0.3 is 16.0 Å². The molecule has 0 heterocycles. The highest BCUT2D eigenvalue weighted by atomic mass is 16.8. The van der Waals surface area contributed by atoms with Crippen LogP contribution in [0.4, 0.5) is 11.4 Å².